The number of carboxylic acid groups (broad SMARTS) is 2. The molecule has 0 atom stereocenters. The van der Waals surface area contributed by atoms with E-state index < -0.39 is 28.9 Å². The van der Waals surface area contributed by atoms with Gasteiger partial charge in [0.25, 0.3) is 5.56 Å². The van der Waals surface area contributed by atoms with E-state index in [9.17, 15) is 19.5 Å². The number of aliphatic carboxylic acids is 1. The molecule has 0 radical (unpaired) electrons. The normalized spacial score (nSPS) is 10.0. The Balaban J connectivity index is 3.08. The quantitative estimate of drug-likeness (QED) is 0.563. The highest BCUT2D eigenvalue weighted by atomic mass is 16.4. The zero-order chi connectivity index (χ0) is 12.3. The summed E-state index contributed by atoms with van der Waals surface area (Å²) in [6.07, 6.45) is -0.473. The minimum atomic E-state index is -1.38. The summed E-state index contributed by atoms with van der Waals surface area (Å²) in [5, 5.41) is 26.3. The van der Waals surface area contributed by atoms with Crippen LogP contribution in [0.2, 0.25) is 0 Å². The second-order valence-corrected chi connectivity index (χ2v) is 3.07. The molecule has 1 aromatic heterocycles. The average Bonchev–Trinajstić information content (AvgIpc) is 2.15. The van der Waals surface area contributed by atoms with Gasteiger partial charge >= 0.3 is 11.9 Å². The maximum absolute atomic E-state index is 11.3. The van der Waals surface area contributed by atoms with E-state index >= 15 is 0 Å². The number of carbonyl (C=O) groups is 2. The summed E-state index contributed by atoms with van der Waals surface area (Å²) in [6, 6.07) is 0.876. The minimum Gasteiger partial charge on any atom is -0.507 e. The van der Waals surface area contributed by atoms with Crippen molar-refractivity contribution < 1.29 is 24.9 Å². The Morgan fingerprint density at radius 3 is 2.38 bits per heavy atom. The first-order chi connectivity index (χ1) is 7.41. The van der Waals surface area contributed by atoms with Crippen molar-refractivity contribution in [2.24, 2.45) is 0 Å². The third-order valence-corrected chi connectivity index (χ3v) is 1.93. The van der Waals surface area contributed by atoms with Gasteiger partial charge < -0.3 is 20.3 Å². The highest BCUT2D eigenvalue weighted by Gasteiger charge is 2.13. The Labute approximate surface area is 89.0 Å². The second kappa shape index (κ2) is 4.47. The molecule has 0 fully saturated rings. The Kier molecular flexibility index (Phi) is 3.29. The van der Waals surface area contributed by atoms with E-state index in [1.54, 1.807) is 0 Å². The largest absolute Gasteiger partial charge is 0.507 e. The van der Waals surface area contributed by atoms with Crippen LogP contribution in [-0.4, -0.2) is 32.2 Å². The predicted molar refractivity (Wildman–Crippen MR) is 51.6 cm³/mol. The van der Waals surface area contributed by atoms with Gasteiger partial charge in [-0.2, -0.15) is 0 Å². The summed E-state index contributed by atoms with van der Waals surface area (Å²) < 4.78 is 0. The minimum absolute atomic E-state index is 0.132. The summed E-state index contributed by atoms with van der Waals surface area (Å²) in [6.45, 7) is 0. The van der Waals surface area contributed by atoms with Gasteiger partial charge in [-0.05, 0) is 6.42 Å². The first kappa shape index (κ1) is 11.8. The van der Waals surface area contributed by atoms with Crippen LogP contribution in [-0.2, 0) is 11.2 Å². The molecule has 0 aliphatic heterocycles. The molecule has 4 N–H and O–H groups in total. The van der Waals surface area contributed by atoms with Crippen molar-refractivity contribution in [2.75, 3.05) is 0 Å². The molecule has 0 amide bonds. The lowest BCUT2D eigenvalue weighted by Gasteiger charge is -2.03. The molecule has 0 saturated heterocycles. The standard InChI is InChI=1S/C9H9NO6/c11-6-3-5(9(15)16)10-8(14)4(6)1-2-7(12)13/h3H,1-2H2,(H,12,13)(H,15,16)(H2,10,11,14). The molecular formula is C9H9NO6. The predicted octanol–water partition coefficient (Wildman–Crippen LogP) is -0.204. The Bertz CT molecular complexity index is 489. The first-order valence-electron chi connectivity index (χ1n) is 4.32. The summed E-state index contributed by atoms with van der Waals surface area (Å²) >= 11 is 0. The maximum atomic E-state index is 11.3. The van der Waals surface area contributed by atoms with E-state index in [1.807, 2.05) is 4.98 Å². The zero-order valence-electron chi connectivity index (χ0n) is 8.06. The van der Waals surface area contributed by atoms with Gasteiger partial charge in [0.15, 0.2) is 0 Å². The van der Waals surface area contributed by atoms with E-state index in [1.165, 1.54) is 0 Å². The fourth-order valence-electron chi connectivity index (χ4n) is 1.16. The van der Waals surface area contributed by atoms with Crippen LogP contribution >= 0.6 is 0 Å². The van der Waals surface area contributed by atoms with Crippen LogP contribution in [0.1, 0.15) is 22.5 Å². The lowest BCUT2D eigenvalue weighted by atomic mass is 10.1. The highest BCUT2D eigenvalue weighted by molar-refractivity contribution is 5.85. The third kappa shape index (κ3) is 2.59. The lowest BCUT2D eigenvalue weighted by molar-refractivity contribution is -0.136. The van der Waals surface area contributed by atoms with E-state index in [2.05, 4.69) is 0 Å². The number of carboxylic acids is 2. The second-order valence-electron chi connectivity index (χ2n) is 3.07. The van der Waals surface area contributed by atoms with Crippen LogP contribution < -0.4 is 5.56 Å². The fraction of sp³-hybridized carbons (Fsp3) is 0.222. The molecule has 0 bridgehead atoms. The topological polar surface area (TPSA) is 128 Å². The molecule has 16 heavy (non-hydrogen) atoms. The van der Waals surface area contributed by atoms with Crippen molar-refractivity contribution in [3.8, 4) is 5.75 Å². The Hall–Kier alpha value is -2.31. The van der Waals surface area contributed by atoms with Gasteiger partial charge in [0, 0.05) is 12.5 Å². The number of aromatic carboxylic acids is 1. The number of hydrogen-bond donors (Lipinski definition) is 4. The van der Waals surface area contributed by atoms with Crippen LogP contribution in [0.15, 0.2) is 10.9 Å². The van der Waals surface area contributed by atoms with Crippen molar-refractivity contribution in [1.82, 2.24) is 4.98 Å². The van der Waals surface area contributed by atoms with Crippen LogP contribution in [0.5, 0.6) is 5.75 Å². The summed E-state index contributed by atoms with van der Waals surface area (Å²) in [5.74, 6) is -3.00. The van der Waals surface area contributed by atoms with Gasteiger partial charge in [0.05, 0.1) is 5.56 Å². The molecule has 0 spiro atoms. The van der Waals surface area contributed by atoms with Gasteiger partial charge in [-0.1, -0.05) is 0 Å². The molecule has 1 aromatic rings. The third-order valence-electron chi connectivity index (χ3n) is 1.93. The molecule has 86 valence electrons. The summed E-state index contributed by atoms with van der Waals surface area (Å²) in [4.78, 5) is 34.1. The molecular weight excluding hydrogens is 218 g/mol. The van der Waals surface area contributed by atoms with E-state index in [4.69, 9.17) is 10.2 Å². The number of rotatable bonds is 4. The molecule has 1 heterocycles. The SMILES string of the molecule is O=C(O)CCc1c(O)cc(C(=O)O)[nH]c1=O. The number of pyridine rings is 1. The van der Waals surface area contributed by atoms with Gasteiger partial charge in [-0.25, -0.2) is 4.79 Å². The molecule has 7 heteroatoms. The average molecular weight is 227 g/mol. The number of aromatic nitrogens is 1. The number of hydrogen-bond acceptors (Lipinski definition) is 4. The van der Waals surface area contributed by atoms with Crippen LogP contribution in [0.4, 0.5) is 0 Å². The molecule has 0 aliphatic rings. The smallest absolute Gasteiger partial charge is 0.352 e. The van der Waals surface area contributed by atoms with E-state index in [0.717, 1.165) is 6.07 Å². The van der Waals surface area contributed by atoms with Crippen LogP contribution in [0.25, 0.3) is 0 Å². The first-order valence-corrected chi connectivity index (χ1v) is 4.32. The monoisotopic (exact) mass is 227 g/mol. The Morgan fingerprint density at radius 1 is 1.31 bits per heavy atom. The fourth-order valence-corrected chi connectivity index (χ4v) is 1.16. The van der Waals surface area contributed by atoms with Crippen molar-refractivity contribution in [3.05, 3.63) is 27.7 Å². The molecule has 0 unspecified atom stereocenters. The van der Waals surface area contributed by atoms with Gasteiger partial charge in [0.2, 0.25) is 0 Å². The number of H-pyrrole nitrogens is 1. The lowest BCUT2D eigenvalue weighted by Crippen LogP contribution is -2.18. The number of nitrogens with one attached hydrogen (secondary N) is 1. The van der Waals surface area contributed by atoms with Gasteiger partial charge in [0.1, 0.15) is 11.4 Å². The molecule has 1 rings (SSSR count). The number of aromatic amines is 1. The van der Waals surface area contributed by atoms with Crippen molar-refractivity contribution in [2.45, 2.75) is 12.8 Å². The maximum Gasteiger partial charge on any atom is 0.352 e. The zero-order valence-corrected chi connectivity index (χ0v) is 8.06. The van der Waals surface area contributed by atoms with Crippen molar-refractivity contribution in [3.63, 3.8) is 0 Å². The molecule has 0 aromatic carbocycles. The van der Waals surface area contributed by atoms with E-state index in [0.29, 0.717) is 0 Å². The molecule has 0 saturated carbocycles. The van der Waals surface area contributed by atoms with Crippen LogP contribution in [0, 0.1) is 0 Å². The highest BCUT2D eigenvalue weighted by Crippen LogP contribution is 2.14. The van der Waals surface area contributed by atoms with Gasteiger partial charge in [-0.15, -0.1) is 0 Å². The van der Waals surface area contributed by atoms with Gasteiger partial charge in [-0.3, -0.25) is 9.59 Å². The summed E-state index contributed by atoms with van der Waals surface area (Å²) in [7, 11) is 0. The molecule has 0 aliphatic carbocycles. The Morgan fingerprint density at radius 2 is 1.94 bits per heavy atom. The summed E-state index contributed by atoms with van der Waals surface area (Å²) in [5.41, 5.74) is -1.37. The molecule has 7 nitrogen and oxygen atoms in total. The van der Waals surface area contributed by atoms with Crippen molar-refractivity contribution >= 4 is 11.9 Å². The van der Waals surface area contributed by atoms with E-state index in [-0.39, 0.29) is 18.4 Å². The van der Waals surface area contributed by atoms with Crippen LogP contribution in [0.3, 0.4) is 0 Å². The number of aromatic hydroxyl groups is 1. The van der Waals surface area contributed by atoms with Crippen molar-refractivity contribution in [1.29, 1.82) is 0 Å².